The SMILES string of the molecule is O=C(NC(Cc1ccccc1)C(=O)N1CCCC1)c1ccc(N2CC=CC2)cc1. The lowest BCUT2D eigenvalue weighted by atomic mass is 10.0. The Morgan fingerprint density at radius 3 is 2.21 bits per heavy atom. The van der Waals surface area contributed by atoms with Gasteiger partial charge in [0, 0.05) is 43.9 Å². The van der Waals surface area contributed by atoms with Gasteiger partial charge in [-0.05, 0) is 42.7 Å². The van der Waals surface area contributed by atoms with Crippen molar-refractivity contribution in [3.63, 3.8) is 0 Å². The van der Waals surface area contributed by atoms with Gasteiger partial charge in [-0.1, -0.05) is 42.5 Å². The van der Waals surface area contributed by atoms with Crippen LogP contribution in [0, 0.1) is 0 Å². The van der Waals surface area contributed by atoms with Crippen molar-refractivity contribution in [3.8, 4) is 0 Å². The highest BCUT2D eigenvalue weighted by atomic mass is 16.2. The summed E-state index contributed by atoms with van der Waals surface area (Å²) in [4.78, 5) is 30.0. The van der Waals surface area contributed by atoms with Crippen LogP contribution in [0.15, 0.2) is 66.7 Å². The van der Waals surface area contributed by atoms with Crippen molar-refractivity contribution < 1.29 is 9.59 Å². The molecule has 5 heteroatoms. The maximum absolute atomic E-state index is 13.0. The minimum Gasteiger partial charge on any atom is -0.364 e. The van der Waals surface area contributed by atoms with E-state index < -0.39 is 6.04 Å². The van der Waals surface area contributed by atoms with E-state index in [0.29, 0.717) is 12.0 Å². The number of rotatable bonds is 6. The summed E-state index contributed by atoms with van der Waals surface area (Å²) in [5, 5.41) is 2.99. The van der Waals surface area contributed by atoms with Crippen LogP contribution in [0.3, 0.4) is 0 Å². The Balaban J connectivity index is 1.46. The smallest absolute Gasteiger partial charge is 0.251 e. The van der Waals surface area contributed by atoms with Gasteiger partial charge in [-0.15, -0.1) is 0 Å². The molecular weight excluding hydrogens is 362 g/mol. The molecule has 29 heavy (non-hydrogen) atoms. The average molecular weight is 389 g/mol. The molecular formula is C24H27N3O2. The van der Waals surface area contributed by atoms with E-state index in [2.05, 4.69) is 22.4 Å². The normalized spacial score (nSPS) is 16.8. The van der Waals surface area contributed by atoms with Crippen molar-refractivity contribution >= 4 is 17.5 Å². The first-order chi connectivity index (χ1) is 14.2. The Bertz CT molecular complexity index is 863. The monoisotopic (exact) mass is 389 g/mol. The zero-order valence-corrected chi connectivity index (χ0v) is 16.6. The molecule has 4 rings (SSSR count). The van der Waals surface area contributed by atoms with Crippen LogP contribution in [0.5, 0.6) is 0 Å². The Kier molecular flexibility index (Phi) is 5.94. The lowest BCUT2D eigenvalue weighted by Crippen LogP contribution is -2.49. The molecule has 2 aliphatic rings. The number of nitrogens with one attached hydrogen (secondary N) is 1. The summed E-state index contributed by atoms with van der Waals surface area (Å²) in [6.07, 6.45) is 6.84. The highest BCUT2D eigenvalue weighted by molar-refractivity contribution is 5.98. The first-order valence-corrected chi connectivity index (χ1v) is 10.3. The molecule has 5 nitrogen and oxygen atoms in total. The van der Waals surface area contributed by atoms with E-state index in [0.717, 1.165) is 50.3 Å². The van der Waals surface area contributed by atoms with Crippen molar-refractivity contribution in [1.82, 2.24) is 10.2 Å². The quantitative estimate of drug-likeness (QED) is 0.773. The topological polar surface area (TPSA) is 52.7 Å². The molecule has 0 aliphatic carbocycles. The average Bonchev–Trinajstić information content (AvgIpc) is 3.48. The minimum absolute atomic E-state index is 0.0134. The zero-order chi connectivity index (χ0) is 20.1. The highest BCUT2D eigenvalue weighted by Crippen LogP contribution is 2.18. The molecule has 1 fully saturated rings. The van der Waals surface area contributed by atoms with E-state index in [9.17, 15) is 9.59 Å². The molecule has 2 aliphatic heterocycles. The van der Waals surface area contributed by atoms with E-state index in [1.54, 1.807) is 0 Å². The largest absolute Gasteiger partial charge is 0.364 e. The fraction of sp³-hybridized carbons (Fsp3) is 0.333. The molecule has 1 N–H and O–H groups in total. The summed E-state index contributed by atoms with van der Waals surface area (Å²) in [5.41, 5.74) is 2.72. The molecule has 0 radical (unpaired) electrons. The molecule has 0 bridgehead atoms. The lowest BCUT2D eigenvalue weighted by Gasteiger charge is -2.24. The van der Waals surface area contributed by atoms with Gasteiger partial charge in [-0.25, -0.2) is 0 Å². The number of likely N-dealkylation sites (tertiary alicyclic amines) is 1. The molecule has 2 heterocycles. The molecule has 2 aromatic carbocycles. The first-order valence-electron chi connectivity index (χ1n) is 10.3. The summed E-state index contributed by atoms with van der Waals surface area (Å²) in [6.45, 7) is 3.35. The number of carbonyl (C=O) groups is 2. The maximum Gasteiger partial charge on any atom is 0.251 e. The number of benzene rings is 2. The van der Waals surface area contributed by atoms with Crippen molar-refractivity contribution in [3.05, 3.63) is 77.9 Å². The number of anilines is 1. The van der Waals surface area contributed by atoms with Crippen LogP contribution in [0.2, 0.25) is 0 Å². The van der Waals surface area contributed by atoms with Crippen molar-refractivity contribution in [2.24, 2.45) is 0 Å². The van der Waals surface area contributed by atoms with E-state index >= 15 is 0 Å². The van der Waals surface area contributed by atoms with Crippen LogP contribution < -0.4 is 10.2 Å². The van der Waals surface area contributed by atoms with Crippen LogP contribution in [0.1, 0.15) is 28.8 Å². The van der Waals surface area contributed by atoms with Crippen LogP contribution in [0.25, 0.3) is 0 Å². The van der Waals surface area contributed by atoms with E-state index in [4.69, 9.17) is 0 Å². The first kappa shape index (κ1) is 19.2. The maximum atomic E-state index is 13.0. The standard InChI is InChI=1S/C24H27N3O2/c28-23(20-10-12-21(13-11-20)26-14-4-5-15-26)25-22(18-19-8-2-1-3-9-19)24(29)27-16-6-7-17-27/h1-5,8-13,22H,6-7,14-18H2,(H,25,28). The molecule has 1 saturated heterocycles. The lowest BCUT2D eigenvalue weighted by molar-refractivity contribution is -0.132. The van der Waals surface area contributed by atoms with Gasteiger partial charge in [-0.2, -0.15) is 0 Å². The number of carbonyl (C=O) groups excluding carboxylic acids is 2. The summed E-state index contributed by atoms with van der Waals surface area (Å²) < 4.78 is 0. The summed E-state index contributed by atoms with van der Waals surface area (Å²) >= 11 is 0. The van der Waals surface area contributed by atoms with Crippen LogP contribution in [0.4, 0.5) is 5.69 Å². The number of hydrogen-bond acceptors (Lipinski definition) is 3. The van der Waals surface area contributed by atoms with Crippen molar-refractivity contribution in [1.29, 1.82) is 0 Å². The zero-order valence-electron chi connectivity index (χ0n) is 16.6. The van der Waals surface area contributed by atoms with E-state index in [-0.39, 0.29) is 11.8 Å². The van der Waals surface area contributed by atoms with Crippen LogP contribution in [-0.4, -0.2) is 48.9 Å². The van der Waals surface area contributed by atoms with Gasteiger partial charge >= 0.3 is 0 Å². The van der Waals surface area contributed by atoms with E-state index in [1.165, 1.54) is 0 Å². The Hall–Kier alpha value is -3.08. The molecule has 2 amide bonds. The predicted molar refractivity (Wildman–Crippen MR) is 115 cm³/mol. The second-order valence-electron chi connectivity index (χ2n) is 7.67. The summed E-state index contributed by atoms with van der Waals surface area (Å²) in [5.74, 6) is -0.191. The molecule has 150 valence electrons. The molecule has 1 unspecified atom stereocenters. The minimum atomic E-state index is -0.551. The Labute approximate surface area is 172 Å². The fourth-order valence-electron chi connectivity index (χ4n) is 3.96. The van der Waals surface area contributed by atoms with Crippen LogP contribution >= 0.6 is 0 Å². The number of amides is 2. The molecule has 0 aromatic heterocycles. The van der Waals surface area contributed by atoms with Gasteiger partial charge in [0.2, 0.25) is 5.91 Å². The third kappa shape index (κ3) is 4.67. The van der Waals surface area contributed by atoms with E-state index in [1.807, 2.05) is 59.5 Å². The van der Waals surface area contributed by atoms with Gasteiger partial charge in [0.25, 0.3) is 5.91 Å². The van der Waals surface area contributed by atoms with Gasteiger partial charge in [0.15, 0.2) is 0 Å². The predicted octanol–water partition coefficient (Wildman–Crippen LogP) is 3.03. The molecule has 0 spiro atoms. The van der Waals surface area contributed by atoms with Gasteiger partial charge in [0.05, 0.1) is 0 Å². The Morgan fingerprint density at radius 1 is 0.897 bits per heavy atom. The third-order valence-corrected chi connectivity index (χ3v) is 5.62. The van der Waals surface area contributed by atoms with Gasteiger partial charge in [-0.3, -0.25) is 9.59 Å². The van der Waals surface area contributed by atoms with Gasteiger partial charge < -0.3 is 15.1 Å². The van der Waals surface area contributed by atoms with Crippen molar-refractivity contribution in [2.75, 3.05) is 31.1 Å². The third-order valence-electron chi connectivity index (χ3n) is 5.62. The van der Waals surface area contributed by atoms with Crippen molar-refractivity contribution in [2.45, 2.75) is 25.3 Å². The number of hydrogen-bond donors (Lipinski definition) is 1. The van der Waals surface area contributed by atoms with Crippen LogP contribution in [-0.2, 0) is 11.2 Å². The second kappa shape index (κ2) is 8.95. The summed E-state index contributed by atoms with van der Waals surface area (Å²) in [6, 6.07) is 16.9. The number of nitrogens with zero attached hydrogens (tertiary/aromatic N) is 2. The van der Waals surface area contributed by atoms with Gasteiger partial charge in [0.1, 0.15) is 6.04 Å². The Morgan fingerprint density at radius 2 is 1.55 bits per heavy atom. The molecule has 2 aromatic rings. The molecule has 1 atom stereocenters. The second-order valence-corrected chi connectivity index (χ2v) is 7.67. The summed E-state index contributed by atoms with van der Waals surface area (Å²) in [7, 11) is 0. The fourth-order valence-corrected chi connectivity index (χ4v) is 3.96. The highest BCUT2D eigenvalue weighted by Gasteiger charge is 2.28. The molecule has 0 saturated carbocycles.